The third kappa shape index (κ3) is 8.13. The van der Waals surface area contributed by atoms with E-state index in [4.69, 9.17) is 14.2 Å². The molecular formula is C26H37N3O7. The van der Waals surface area contributed by atoms with E-state index in [9.17, 15) is 19.2 Å². The van der Waals surface area contributed by atoms with E-state index in [-0.39, 0.29) is 51.1 Å². The number of nitrogens with zero attached hydrogens (tertiary/aromatic N) is 2. The first-order valence-electron chi connectivity index (χ1n) is 12.4. The normalized spacial score (nSPS) is 18.7. The Bertz CT molecular complexity index is 941. The first kappa shape index (κ1) is 27.3. The molecule has 1 saturated carbocycles. The second kappa shape index (κ2) is 11.6. The van der Waals surface area contributed by atoms with Crippen molar-refractivity contribution in [2.24, 2.45) is 5.41 Å². The lowest BCUT2D eigenvalue weighted by Crippen LogP contribution is -2.59. The molecule has 2 aliphatic rings. The van der Waals surface area contributed by atoms with Crippen molar-refractivity contribution in [1.82, 2.24) is 15.1 Å². The summed E-state index contributed by atoms with van der Waals surface area (Å²) in [4.78, 5) is 53.0. The largest absolute Gasteiger partial charge is 0.463 e. The van der Waals surface area contributed by atoms with Crippen molar-refractivity contribution in [2.75, 3.05) is 32.8 Å². The quantitative estimate of drug-likeness (QED) is 0.428. The maximum absolute atomic E-state index is 12.8. The van der Waals surface area contributed by atoms with Gasteiger partial charge in [0, 0.05) is 32.6 Å². The zero-order valence-electron chi connectivity index (χ0n) is 21.6. The minimum atomic E-state index is -0.673. The van der Waals surface area contributed by atoms with E-state index in [1.807, 2.05) is 37.3 Å². The lowest BCUT2D eigenvalue weighted by Gasteiger charge is -2.41. The van der Waals surface area contributed by atoms with Crippen molar-refractivity contribution in [2.45, 2.75) is 65.2 Å². The van der Waals surface area contributed by atoms with Crippen LogP contribution < -0.4 is 5.32 Å². The van der Waals surface area contributed by atoms with E-state index in [1.54, 1.807) is 25.7 Å². The summed E-state index contributed by atoms with van der Waals surface area (Å²) < 4.78 is 16.2. The van der Waals surface area contributed by atoms with Gasteiger partial charge >= 0.3 is 18.2 Å². The standard InChI is InChI=1S/C26H37N3O7/c1-25(2,3)36-24(33)29-15-14-28(16-20(29)18-34-22(31)26(4)11-12-26)21(30)10-13-27-23(32)35-17-19-8-6-5-7-9-19/h5-9,20H,10-18H2,1-4H3,(H,27,32). The van der Waals surface area contributed by atoms with Gasteiger partial charge in [0.05, 0.1) is 11.5 Å². The highest BCUT2D eigenvalue weighted by molar-refractivity contribution is 5.79. The van der Waals surface area contributed by atoms with Gasteiger partial charge in [-0.3, -0.25) is 14.5 Å². The molecule has 36 heavy (non-hydrogen) atoms. The van der Waals surface area contributed by atoms with Gasteiger partial charge in [-0.15, -0.1) is 0 Å². The molecule has 3 amide bonds. The van der Waals surface area contributed by atoms with Crippen LogP contribution in [0.1, 0.15) is 52.5 Å². The Morgan fingerprint density at radius 3 is 2.39 bits per heavy atom. The molecular weight excluding hydrogens is 466 g/mol. The van der Waals surface area contributed by atoms with E-state index in [0.29, 0.717) is 6.54 Å². The summed E-state index contributed by atoms with van der Waals surface area (Å²) in [6.45, 7) is 8.24. The highest BCUT2D eigenvalue weighted by Crippen LogP contribution is 2.46. The maximum atomic E-state index is 12.8. The van der Waals surface area contributed by atoms with Crippen molar-refractivity contribution in [1.29, 1.82) is 0 Å². The van der Waals surface area contributed by atoms with Gasteiger partial charge in [-0.25, -0.2) is 9.59 Å². The van der Waals surface area contributed by atoms with Crippen LogP contribution in [0.3, 0.4) is 0 Å². The Labute approximate surface area is 212 Å². The Morgan fingerprint density at radius 1 is 1.06 bits per heavy atom. The summed E-state index contributed by atoms with van der Waals surface area (Å²) in [7, 11) is 0. The molecule has 2 fully saturated rings. The molecule has 10 nitrogen and oxygen atoms in total. The van der Waals surface area contributed by atoms with Gasteiger partial charge in [0.25, 0.3) is 0 Å². The molecule has 198 valence electrons. The predicted molar refractivity (Wildman–Crippen MR) is 131 cm³/mol. The molecule has 1 heterocycles. The van der Waals surface area contributed by atoms with Gasteiger partial charge in [-0.2, -0.15) is 0 Å². The number of carbonyl (C=O) groups excluding carboxylic acids is 4. The lowest BCUT2D eigenvalue weighted by molar-refractivity contribution is -0.152. The molecule has 1 atom stereocenters. The summed E-state index contributed by atoms with van der Waals surface area (Å²) in [5.74, 6) is -0.457. The Kier molecular flexibility index (Phi) is 8.81. The topological polar surface area (TPSA) is 114 Å². The first-order chi connectivity index (χ1) is 17.0. The number of hydrogen-bond acceptors (Lipinski definition) is 7. The Hall–Kier alpha value is -3.30. The first-order valence-corrected chi connectivity index (χ1v) is 12.4. The van der Waals surface area contributed by atoms with Gasteiger partial charge in [-0.05, 0) is 46.1 Å². The van der Waals surface area contributed by atoms with Crippen LogP contribution in [0.5, 0.6) is 0 Å². The molecule has 1 unspecified atom stereocenters. The molecule has 0 bridgehead atoms. The third-order valence-electron chi connectivity index (χ3n) is 6.18. The van der Waals surface area contributed by atoms with Gasteiger partial charge in [-0.1, -0.05) is 30.3 Å². The van der Waals surface area contributed by atoms with Crippen LogP contribution in [0.15, 0.2) is 30.3 Å². The number of rotatable bonds is 8. The van der Waals surface area contributed by atoms with Crippen LogP contribution in [0, 0.1) is 5.41 Å². The average molecular weight is 504 g/mol. The summed E-state index contributed by atoms with van der Waals surface area (Å²) in [6, 6.07) is 8.78. The summed E-state index contributed by atoms with van der Waals surface area (Å²) >= 11 is 0. The molecule has 1 aromatic rings. The molecule has 10 heteroatoms. The van der Waals surface area contributed by atoms with E-state index in [2.05, 4.69) is 5.32 Å². The number of nitrogens with one attached hydrogen (secondary N) is 1. The highest BCUT2D eigenvalue weighted by atomic mass is 16.6. The molecule has 0 spiro atoms. The fourth-order valence-corrected chi connectivity index (χ4v) is 3.73. The lowest BCUT2D eigenvalue weighted by atomic mass is 10.1. The maximum Gasteiger partial charge on any atom is 0.410 e. The fraction of sp³-hybridized carbons (Fsp3) is 0.615. The number of carbonyl (C=O) groups is 4. The van der Waals surface area contributed by atoms with Crippen LogP contribution in [0.4, 0.5) is 9.59 Å². The van der Waals surface area contributed by atoms with Crippen molar-refractivity contribution in [3.63, 3.8) is 0 Å². The molecule has 3 rings (SSSR count). The Morgan fingerprint density at radius 2 is 1.75 bits per heavy atom. The van der Waals surface area contributed by atoms with Crippen molar-refractivity contribution in [3.05, 3.63) is 35.9 Å². The Balaban J connectivity index is 1.49. The SMILES string of the molecule is CC(C)(C)OC(=O)N1CCN(C(=O)CCNC(=O)OCc2ccccc2)CC1COC(=O)C1(C)CC1. The fourth-order valence-electron chi connectivity index (χ4n) is 3.73. The zero-order chi connectivity index (χ0) is 26.3. The van der Waals surface area contributed by atoms with Gasteiger partial charge in [0.15, 0.2) is 0 Å². The van der Waals surface area contributed by atoms with Crippen LogP contribution in [-0.4, -0.2) is 78.3 Å². The second-order valence-corrected chi connectivity index (χ2v) is 10.6. The van der Waals surface area contributed by atoms with E-state index < -0.39 is 29.2 Å². The number of ether oxygens (including phenoxy) is 3. The smallest absolute Gasteiger partial charge is 0.410 e. The average Bonchev–Trinajstić information content (AvgIpc) is 3.59. The molecule has 1 aliphatic heterocycles. The van der Waals surface area contributed by atoms with Crippen molar-refractivity contribution in [3.8, 4) is 0 Å². The van der Waals surface area contributed by atoms with E-state index in [0.717, 1.165) is 18.4 Å². The van der Waals surface area contributed by atoms with Crippen molar-refractivity contribution >= 4 is 24.1 Å². The summed E-state index contributed by atoms with van der Waals surface area (Å²) in [6.07, 6.45) is 0.558. The summed E-state index contributed by atoms with van der Waals surface area (Å²) in [5.41, 5.74) is -0.246. The molecule has 1 aromatic carbocycles. The number of esters is 1. The minimum absolute atomic E-state index is 0.0124. The van der Waals surface area contributed by atoms with Crippen LogP contribution in [0.2, 0.25) is 0 Å². The van der Waals surface area contributed by atoms with E-state index in [1.165, 1.54) is 4.90 Å². The van der Waals surface area contributed by atoms with Crippen molar-refractivity contribution < 1.29 is 33.4 Å². The minimum Gasteiger partial charge on any atom is -0.463 e. The number of piperazine rings is 1. The molecule has 1 saturated heterocycles. The second-order valence-electron chi connectivity index (χ2n) is 10.6. The highest BCUT2D eigenvalue weighted by Gasteiger charge is 2.47. The van der Waals surface area contributed by atoms with Crippen LogP contribution >= 0.6 is 0 Å². The zero-order valence-corrected chi connectivity index (χ0v) is 21.6. The molecule has 1 N–H and O–H groups in total. The predicted octanol–water partition coefficient (Wildman–Crippen LogP) is 3.09. The van der Waals surface area contributed by atoms with Gasteiger partial charge in [0.1, 0.15) is 18.8 Å². The number of amides is 3. The molecule has 0 radical (unpaired) electrons. The van der Waals surface area contributed by atoms with Gasteiger partial charge < -0.3 is 24.4 Å². The third-order valence-corrected chi connectivity index (χ3v) is 6.18. The van der Waals surface area contributed by atoms with E-state index >= 15 is 0 Å². The van der Waals surface area contributed by atoms with Crippen LogP contribution in [0.25, 0.3) is 0 Å². The number of benzene rings is 1. The molecule has 0 aromatic heterocycles. The van der Waals surface area contributed by atoms with Crippen LogP contribution in [-0.2, 0) is 30.4 Å². The van der Waals surface area contributed by atoms with Gasteiger partial charge in [0.2, 0.25) is 5.91 Å². The number of alkyl carbamates (subject to hydrolysis) is 1. The molecule has 1 aliphatic carbocycles. The number of hydrogen-bond donors (Lipinski definition) is 1. The summed E-state index contributed by atoms with van der Waals surface area (Å²) in [5, 5.41) is 2.59. The monoisotopic (exact) mass is 503 g/mol.